The maximum Gasteiger partial charge on any atom is 0.228 e. The molecule has 0 aliphatic heterocycles. The number of aromatic nitrogens is 2. The van der Waals surface area contributed by atoms with Crippen LogP contribution in [0.25, 0.3) is 0 Å². The minimum atomic E-state index is 0.282. The Morgan fingerprint density at radius 3 is 2.62 bits per heavy atom. The minimum absolute atomic E-state index is 0.282. The molecule has 1 aromatic rings. The molecule has 1 aromatic heterocycles. The summed E-state index contributed by atoms with van der Waals surface area (Å²) in [4.78, 5) is 8.86. The second-order valence-electron chi connectivity index (χ2n) is 6.43. The molecule has 0 aliphatic carbocycles. The van der Waals surface area contributed by atoms with Gasteiger partial charge in [0.1, 0.15) is 0 Å². The average Bonchev–Trinajstić information content (AvgIpc) is 2.99. The summed E-state index contributed by atoms with van der Waals surface area (Å²) in [6.45, 7) is 14.1. The van der Waals surface area contributed by atoms with E-state index in [0.717, 1.165) is 31.4 Å². The molecule has 2 N–H and O–H groups in total. The molecule has 0 aromatic carbocycles. The Morgan fingerprint density at radius 2 is 2.00 bits per heavy atom. The highest BCUT2D eigenvalue weighted by Gasteiger charge is 2.09. The van der Waals surface area contributed by atoms with Gasteiger partial charge in [0.2, 0.25) is 5.89 Å². The van der Waals surface area contributed by atoms with Crippen molar-refractivity contribution in [3.8, 4) is 0 Å². The van der Waals surface area contributed by atoms with Crippen LogP contribution in [0.2, 0.25) is 0 Å². The first kappa shape index (κ1) is 20.4. The molecule has 138 valence electrons. The van der Waals surface area contributed by atoms with E-state index < -0.39 is 0 Å². The van der Waals surface area contributed by atoms with Crippen molar-refractivity contribution in [1.29, 1.82) is 0 Å². The summed E-state index contributed by atoms with van der Waals surface area (Å²) in [6, 6.07) is 0. The fourth-order valence-corrected chi connectivity index (χ4v) is 1.88. The Morgan fingerprint density at radius 1 is 1.21 bits per heavy atom. The molecule has 0 bridgehead atoms. The van der Waals surface area contributed by atoms with Crippen molar-refractivity contribution in [3.05, 3.63) is 11.7 Å². The van der Waals surface area contributed by atoms with Gasteiger partial charge in [0.05, 0.1) is 13.2 Å². The van der Waals surface area contributed by atoms with E-state index in [1.54, 1.807) is 0 Å². The van der Waals surface area contributed by atoms with Gasteiger partial charge in [-0.2, -0.15) is 4.98 Å². The van der Waals surface area contributed by atoms with Crippen molar-refractivity contribution >= 4 is 5.96 Å². The van der Waals surface area contributed by atoms with Crippen molar-refractivity contribution in [1.82, 2.24) is 20.8 Å². The average molecular weight is 339 g/mol. The summed E-state index contributed by atoms with van der Waals surface area (Å²) >= 11 is 0. The minimum Gasteiger partial charge on any atom is -0.380 e. The molecule has 0 amide bonds. The second kappa shape index (κ2) is 11.8. The van der Waals surface area contributed by atoms with E-state index in [2.05, 4.69) is 39.6 Å². The monoisotopic (exact) mass is 339 g/mol. The SMILES string of the molecule is CCNC(=NCCOCCC(C)C)NCCc1nc(C(C)C)no1. The molecule has 1 rings (SSSR count). The van der Waals surface area contributed by atoms with Gasteiger partial charge in [0, 0.05) is 32.0 Å². The third kappa shape index (κ3) is 8.86. The largest absolute Gasteiger partial charge is 0.380 e. The standard InChI is InChI=1S/C17H33N5O2/c1-6-18-17(20-10-12-23-11-8-13(2)3)19-9-7-15-21-16(14(4)5)22-24-15/h13-14H,6-12H2,1-5H3,(H2,18,19,20). The van der Waals surface area contributed by atoms with Gasteiger partial charge in [0.25, 0.3) is 0 Å². The maximum absolute atomic E-state index is 5.58. The lowest BCUT2D eigenvalue weighted by Crippen LogP contribution is -2.38. The third-order valence-electron chi connectivity index (χ3n) is 3.32. The molecule has 1 heterocycles. The summed E-state index contributed by atoms with van der Waals surface area (Å²) in [5.74, 6) is 3.15. The first-order valence-corrected chi connectivity index (χ1v) is 8.95. The van der Waals surface area contributed by atoms with Crippen LogP contribution in [0.3, 0.4) is 0 Å². The van der Waals surface area contributed by atoms with Crippen LogP contribution in [-0.4, -0.2) is 48.9 Å². The van der Waals surface area contributed by atoms with E-state index >= 15 is 0 Å². The van der Waals surface area contributed by atoms with E-state index in [9.17, 15) is 0 Å². The predicted molar refractivity (Wildman–Crippen MR) is 96.3 cm³/mol. The first-order valence-electron chi connectivity index (χ1n) is 8.95. The van der Waals surface area contributed by atoms with E-state index in [4.69, 9.17) is 9.26 Å². The number of hydrogen-bond acceptors (Lipinski definition) is 5. The van der Waals surface area contributed by atoms with Crippen LogP contribution in [-0.2, 0) is 11.2 Å². The zero-order valence-corrected chi connectivity index (χ0v) is 15.8. The molecule has 7 nitrogen and oxygen atoms in total. The van der Waals surface area contributed by atoms with E-state index in [-0.39, 0.29) is 5.92 Å². The van der Waals surface area contributed by atoms with Crippen molar-refractivity contribution in [2.45, 2.75) is 53.4 Å². The zero-order valence-electron chi connectivity index (χ0n) is 15.8. The number of rotatable bonds is 11. The van der Waals surface area contributed by atoms with Gasteiger partial charge in [-0.05, 0) is 19.3 Å². The van der Waals surface area contributed by atoms with Crippen molar-refractivity contribution in [3.63, 3.8) is 0 Å². The lowest BCUT2D eigenvalue weighted by molar-refractivity contribution is 0.130. The maximum atomic E-state index is 5.58. The topological polar surface area (TPSA) is 84.6 Å². The highest BCUT2D eigenvalue weighted by Crippen LogP contribution is 2.09. The van der Waals surface area contributed by atoms with E-state index in [1.165, 1.54) is 0 Å². The Hall–Kier alpha value is -1.63. The van der Waals surface area contributed by atoms with Crippen LogP contribution in [0.5, 0.6) is 0 Å². The van der Waals surface area contributed by atoms with Gasteiger partial charge in [-0.25, -0.2) is 0 Å². The third-order valence-corrected chi connectivity index (χ3v) is 3.32. The van der Waals surface area contributed by atoms with Crippen LogP contribution < -0.4 is 10.6 Å². The van der Waals surface area contributed by atoms with E-state index in [1.807, 2.05) is 20.8 Å². The molecular formula is C17H33N5O2. The molecule has 0 unspecified atom stereocenters. The fraction of sp³-hybridized carbons (Fsp3) is 0.824. The Labute approximate surface area is 145 Å². The van der Waals surface area contributed by atoms with Gasteiger partial charge >= 0.3 is 0 Å². The molecule has 7 heteroatoms. The van der Waals surface area contributed by atoms with Crippen LogP contribution in [0.15, 0.2) is 9.52 Å². The molecule has 0 atom stereocenters. The lowest BCUT2D eigenvalue weighted by atomic mass is 10.1. The highest BCUT2D eigenvalue weighted by atomic mass is 16.5. The Bertz CT molecular complexity index is 471. The van der Waals surface area contributed by atoms with Crippen LogP contribution in [0.1, 0.15) is 58.7 Å². The summed E-state index contributed by atoms with van der Waals surface area (Å²) in [5, 5.41) is 10.5. The Balaban J connectivity index is 2.27. The van der Waals surface area contributed by atoms with Gasteiger partial charge in [-0.15, -0.1) is 0 Å². The molecule has 0 saturated heterocycles. The summed E-state index contributed by atoms with van der Waals surface area (Å²) in [5.41, 5.74) is 0. The number of hydrogen-bond donors (Lipinski definition) is 2. The zero-order chi connectivity index (χ0) is 17.8. The molecule has 24 heavy (non-hydrogen) atoms. The van der Waals surface area contributed by atoms with Gasteiger partial charge in [-0.1, -0.05) is 32.9 Å². The van der Waals surface area contributed by atoms with Crippen LogP contribution >= 0.6 is 0 Å². The summed E-state index contributed by atoms with van der Waals surface area (Å²) in [7, 11) is 0. The second-order valence-corrected chi connectivity index (χ2v) is 6.43. The van der Waals surface area contributed by atoms with Crippen LogP contribution in [0, 0.1) is 5.92 Å². The molecule has 0 radical (unpaired) electrons. The number of guanidine groups is 1. The van der Waals surface area contributed by atoms with Crippen molar-refractivity contribution < 1.29 is 9.26 Å². The van der Waals surface area contributed by atoms with Crippen molar-refractivity contribution in [2.75, 3.05) is 32.8 Å². The fourth-order valence-electron chi connectivity index (χ4n) is 1.88. The first-order chi connectivity index (χ1) is 11.5. The Kier molecular flexibility index (Phi) is 10.1. The molecule has 0 aliphatic rings. The molecular weight excluding hydrogens is 306 g/mol. The van der Waals surface area contributed by atoms with Gasteiger partial charge in [0.15, 0.2) is 11.8 Å². The van der Waals surface area contributed by atoms with E-state index in [0.29, 0.717) is 37.9 Å². The van der Waals surface area contributed by atoms with Gasteiger partial charge < -0.3 is 19.9 Å². The summed E-state index contributed by atoms with van der Waals surface area (Å²) < 4.78 is 10.8. The number of ether oxygens (including phenoxy) is 1. The molecule has 0 spiro atoms. The van der Waals surface area contributed by atoms with Gasteiger partial charge in [-0.3, -0.25) is 4.99 Å². The predicted octanol–water partition coefficient (Wildman–Crippen LogP) is 2.35. The smallest absolute Gasteiger partial charge is 0.228 e. The van der Waals surface area contributed by atoms with Crippen LogP contribution in [0.4, 0.5) is 0 Å². The molecule has 0 saturated carbocycles. The molecule has 0 fully saturated rings. The number of nitrogens with one attached hydrogen (secondary N) is 2. The lowest BCUT2D eigenvalue weighted by Gasteiger charge is -2.10. The summed E-state index contributed by atoms with van der Waals surface area (Å²) in [6.07, 6.45) is 1.76. The number of aliphatic imine (C=N–C) groups is 1. The normalized spacial score (nSPS) is 12.2. The number of nitrogens with zero attached hydrogens (tertiary/aromatic N) is 3. The quantitative estimate of drug-likeness (QED) is 0.366. The highest BCUT2D eigenvalue weighted by molar-refractivity contribution is 5.79. The van der Waals surface area contributed by atoms with Crippen molar-refractivity contribution in [2.24, 2.45) is 10.9 Å².